The molecule has 2 aromatic rings. The van der Waals surface area contributed by atoms with Crippen molar-refractivity contribution in [2.75, 3.05) is 5.32 Å². The molecule has 4 heteroatoms. The van der Waals surface area contributed by atoms with E-state index in [1.807, 2.05) is 25.1 Å². The number of aryl methyl sites for hydroxylation is 1. The quantitative estimate of drug-likeness (QED) is 0.843. The molecule has 0 saturated carbocycles. The number of hydrogen-bond donors (Lipinski definition) is 1. The van der Waals surface area contributed by atoms with Crippen LogP contribution in [0.2, 0.25) is 5.02 Å². The van der Waals surface area contributed by atoms with Crippen LogP contribution in [0.4, 0.5) is 11.5 Å². The molecule has 0 aliphatic carbocycles. The van der Waals surface area contributed by atoms with Gasteiger partial charge in [0, 0.05) is 12.4 Å². The Bertz CT molecular complexity index is 457. The highest BCUT2D eigenvalue weighted by atomic mass is 35.5. The van der Waals surface area contributed by atoms with Crippen molar-refractivity contribution in [3.05, 3.63) is 47.4 Å². The van der Waals surface area contributed by atoms with Crippen LogP contribution >= 0.6 is 11.6 Å². The van der Waals surface area contributed by atoms with Gasteiger partial charge in [0.1, 0.15) is 5.82 Å². The predicted molar refractivity (Wildman–Crippen MR) is 61.5 cm³/mol. The number of nitrogens with zero attached hydrogens (tertiary/aromatic N) is 2. The Morgan fingerprint density at radius 3 is 2.87 bits per heavy atom. The fourth-order valence-electron chi connectivity index (χ4n) is 1.20. The minimum atomic E-state index is 0.610. The predicted octanol–water partition coefficient (Wildman–Crippen LogP) is 3.18. The standard InChI is InChI=1S/C11H10ClN3/c1-8-5-10(12)11(14-6-8)15-9-3-2-4-13-7-9/h2-7H,1H3,(H,14,15). The molecule has 15 heavy (non-hydrogen) atoms. The van der Waals surface area contributed by atoms with E-state index in [1.54, 1.807) is 18.6 Å². The molecule has 2 aromatic heterocycles. The Kier molecular flexibility index (Phi) is 2.83. The van der Waals surface area contributed by atoms with Crippen LogP contribution in [-0.4, -0.2) is 9.97 Å². The number of halogens is 1. The van der Waals surface area contributed by atoms with Crippen LogP contribution in [0.25, 0.3) is 0 Å². The summed E-state index contributed by atoms with van der Waals surface area (Å²) in [7, 11) is 0. The largest absolute Gasteiger partial charge is 0.338 e. The zero-order valence-electron chi connectivity index (χ0n) is 8.24. The third kappa shape index (κ3) is 2.44. The Balaban J connectivity index is 2.25. The maximum atomic E-state index is 6.03. The van der Waals surface area contributed by atoms with E-state index >= 15 is 0 Å². The van der Waals surface area contributed by atoms with Gasteiger partial charge >= 0.3 is 0 Å². The highest BCUT2D eigenvalue weighted by Crippen LogP contribution is 2.22. The average molecular weight is 220 g/mol. The van der Waals surface area contributed by atoms with Crippen LogP contribution in [0, 0.1) is 6.92 Å². The van der Waals surface area contributed by atoms with E-state index in [4.69, 9.17) is 11.6 Å². The highest BCUT2D eigenvalue weighted by molar-refractivity contribution is 6.33. The number of aromatic nitrogens is 2. The van der Waals surface area contributed by atoms with Crippen molar-refractivity contribution in [3.8, 4) is 0 Å². The van der Waals surface area contributed by atoms with Crippen molar-refractivity contribution in [3.63, 3.8) is 0 Å². The Morgan fingerprint density at radius 1 is 1.33 bits per heavy atom. The van der Waals surface area contributed by atoms with E-state index < -0.39 is 0 Å². The molecule has 3 nitrogen and oxygen atoms in total. The van der Waals surface area contributed by atoms with Gasteiger partial charge in [-0.25, -0.2) is 4.98 Å². The lowest BCUT2D eigenvalue weighted by Crippen LogP contribution is -1.94. The molecule has 0 amide bonds. The van der Waals surface area contributed by atoms with Crippen molar-refractivity contribution in [1.29, 1.82) is 0 Å². The van der Waals surface area contributed by atoms with Crippen LogP contribution in [0.15, 0.2) is 36.8 Å². The van der Waals surface area contributed by atoms with Crippen LogP contribution in [0.5, 0.6) is 0 Å². The number of nitrogens with one attached hydrogen (secondary N) is 1. The molecule has 0 aliphatic rings. The summed E-state index contributed by atoms with van der Waals surface area (Å²) in [6.45, 7) is 1.95. The van der Waals surface area contributed by atoms with Gasteiger partial charge in [0.05, 0.1) is 16.9 Å². The van der Waals surface area contributed by atoms with Gasteiger partial charge in [-0.15, -0.1) is 0 Å². The highest BCUT2D eigenvalue weighted by Gasteiger charge is 2.01. The molecular weight excluding hydrogens is 210 g/mol. The van der Waals surface area contributed by atoms with Crippen molar-refractivity contribution in [2.45, 2.75) is 6.92 Å². The molecule has 0 unspecified atom stereocenters. The molecule has 0 atom stereocenters. The van der Waals surface area contributed by atoms with Gasteiger partial charge in [0.2, 0.25) is 0 Å². The van der Waals surface area contributed by atoms with Gasteiger partial charge < -0.3 is 5.32 Å². The first kappa shape index (κ1) is 9.93. The molecule has 2 rings (SSSR count). The molecule has 0 aliphatic heterocycles. The van der Waals surface area contributed by atoms with E-state index in [1.165, 1.54) is 0 Å². The second-order valence-electron chi connectivity index (χ2n) is 3.21. The number of hydrogen-bond acceptors (Lipinski definition) is 3. The lowest BCUT2D eigenvalue weighted by Gasteiger charge is -2.06. The Labute approximate surface area is 93.1 Å². The summed E-state index contributed by atoms with van der Waals surface area (Å²) in [5, 5.41) is 3.70. The average Bonchev–Trinajstić information content (AvgIpc) is 2.24. The van der Waals surface area contributed by atoms with Crippen LogP contribution in [0.3, 0.4) is 0 Å². The number of pyridine rings is 2. The van der Waals surface area contributed by atoms with Gasteiger partial charge in [-0.2, -0.15) is 0 Å². The summed E-state index contributed by atoms with van der Waals surface area (Å²) < 4.78 is 0. The molecule has 0 radical (unpaired) electrons. The van der Waals surface area contributed by atoms with E-state index in [0.29, 0.717) is 10.8 Å². The smallest absolute Gasteiger partial charge is 0.149 e. The monoisotopic (exact) mass is 219 g/mol. The first-order valence-corrected chi connectivity index (χ1v) is 4.93. The van der Waals surface area contributed by atoms with Crippen molar-refractivity contribution >= 4 is 23.1 Å². The van der Waals surface area contributed by atoms with Gasteiger partial charge in [0.15, 0.2) is 0 Å². The van der Waals surface area contributed by atoms with Crippen LogP contribution in [-0.2, 0) is 0 Å². The minimum absolute atomic E-state index is 0.610. The lowest BCUT2D eigenvalue weighted by molar-refractivity contribution is 1.25. The third-order valence-electron chi connectivity index (χ3n) is 1.90. The zero-order valence-corrected chi connectivity index (χ0v) is 8.99. The summed E-state index contributed by atoms with van der Waals surface area (Å²) >= 11 is 6.03. The first-order valence-electron chi connectivity index (χ1n) is 4.55. The Morgan fingerprint density at radius 2 is 2.20 bits per heavy atom. The fourth-order valence-corrected chi connectivity index (χ4v) is 1.47. The first-order chi connectivity index (χ1) is 7.25. The lowest BCUT2D eigenvalue weighted by atomic mass is 10.3. The maximum absolute atomic E-state index is 6.03. The molecule has 0 fully saturated rings. The topological polar surface area (TPSA) is 37.8 Å². The number of anilines is 2. The SMILES string of the molecule is Cc1cnc(Nc2cccnc2)c(Cl)c1. The molecule has 2 heterocycles. The summed E-state index contributed by atoms with van der Waals surface area (Å²) in [6.07, 6.45) is 5.21. The van der Waals surface area contributed by atoms with E-state index in [-0.39, 0.29) is 0 Å². The third-order valence-corrected chi connectivity index (χ3v) is 2.19. The zero-order chi connectivity index (χ0) is 10.7. The summed E-state index contributed by atoms with van der Waals surface area (Å²) in [6, 6.07) is 5.63. The second kappa shape index (κ2) is 4.28. The second-order valence-corrected chi connectivity index (χ2v) is 3.62. The van der Waals surface area contributed by atoms with E-state index in [2.05, 4.69) is 15.3 Å². The summed E-state index contributed by atoms with van der Waals surface area (Å²) in [5.41, 5.74) is 1.91. The van der Waals surface area contributed by atoms with Crippen molar-refractivity contribution in [1.82, 2.24) is 9.97 Å². The van der Waals surface area contributed by atoms with Gasteiger partial charge in [0.25, 0.3) is 0 Å². The molecule has 0 saturated heterocycles. The van der Waals surface area contributed by atoms with Crippen LogP contribution in [0.1, 0.15) is 5.56 Å². The molecular formula is C11H10ClN3. The molecule has 0 aromatic carbocycles. The number of rotatable bonds is 2. The van der Waals surface area contributed by atoms with Gasteiger partial charge in [-0.05, 0) is 30.7 Å². The maximum Gasteiger partial charge on any atom is 0.149 e. The van der Waals surface area contributed by atoms with Crippen LogP contribution < -0.4 is 5.32 Å². The van der Waals surface area contributed by atoms with E-state index in [9.17, 15) is 0 Å². The van der Waals surface area contributed by atoms with Gasteiger partial charge in [-0.1, -0.05) is 11.6 Å². The normalized spacial score (nSPS) is 10.0. The molecule has 1 N–H and O–H groups in total. The van der Waals surface area contributed by atoms with E-state index in [0.717, 1.165) is 11.3 Å². The van der Waals surface area contributed by atoms with Crippen molar-refractivity contribution < 1.29 is 0 Å². The Hall–Kier alpha value is -1.61. The van der Waals surface area contributed by atoms with Gasteiger partial charge in [-0.3, -0.25) is 4.98 Å². The minimum Gasteiger partial charge on any atom is -0.338 e. The summed E-state index contributed by atoms with van der Waals surface area (Å²) in [4.78, 5) is 8.20. The molecule has 76 valence electrons. The molecule has 0 spiro atoms. The van der Waals surface area contributed by atoms with Crippen molar-refractivity contribution in [2.24, 2.45) is 0 Å². The summed E-state index contributed by atoms with van der Waals surface area (Å²) in [5.74, 6) is 0.648. The fraction of sp³-hybridized carbons (Fsp3) is 0.0909. The molecule has 0 bridgehead atoms.